The number of aliphatic imine (C=N–C) groups is 1. The molecule has 2 rings (SSSR count). The fraction of sp³-hybridized carbons (Fsp3) is 0.278. The summed E-state index contributed by atoms with van der Waals surface area (Å²) in [5, 5.41) is 0. The van der Waals surface area contributed by atoms with Crippen LogP contribution in [0.2, 0.25) is 0 Å². The minimum Gasteiger partial charge on any atom is -0.495 e. The largest absolute Gasteiger partial charge is 0.495 e. The van der Waals surface area contributed by atoms with Crippen molar-refractivity contribution in [3.8, 4) is 0 Å². The molecule has 104 valence electrons. The van der Waals surface area contributed by atoms with E-state index < -0.39 is 0 Å². The van der Waals surface area contributed by atoms with Crippen LogP contribution in [0, 0.1) is 12.8 Å². The van der Waals surface area contributed by atoms with E-state index in [1.807, 2.05) is 18.2 Å². The molecule has 2 heteroatoms. The van der Waals surface area contributed by atoms with Crippen LogP contribution in [-0.4, -0.2) is 12.8 Å². The summed E-state index contributed by atoms with van der Waals surface area (Å²) < 4.78 is 5.52. The first-order chi connectivity index (χ1) is 9.52. The fourth-order valence-corrected chi connectivity index (χ4v) is 2.29. The van der Waals surface area contributed by atoms with Crippen LogP contribution in [0.1, 0.15) is 19.4 Å². The van der Waals surface area contributed by atoms with E-state index in [1.54, 1.807) is 7.11 Å². The van der Waals surface area contributed by atoms with Gasteiger partial charge in [-0.25, -0.2) is 4.99 Å². The summed E-state index contributed by atoms with van der Waals surface area (Å²) in [5.74, 6) is 1.10. The lowest BCUT2D eigenvalue weighted by Crippen LogP contribution is -2.08. The predicted molar refractivity (Wildman–Crippen MR) is 85.4 cm³/mol. The third kappa shape index (κ3) is 2.90. The second-order valence-electron chi connectivity index (χ2n) is 5.17. The predicted octanol–water partition coefficient (Wildman–Crippen LogP) is 4.75. The molecule has 0 aromatic heterocycles. The Kier molecular flexibility index (Phi) is 4.23. The van der Waals surface area contributed by atoms with Crippen LogP contribution < -0.4 is 0 Å². The van der Waals surface area contributed by atoms with Gasteiger partial charge in [-0.15, -0.1) is 0 Å². The Morgan fingerprint density at radius 2 is 1.85 bits per heavy atom. The molecule has 0 spiro atoms. The van der Waals surface area contributed by atoms with Gasteiger partial charge in [-0.2, -0.15) is 0 Å². The zero-order valence-corrected chi connectivity index (χ0v) is 12.6. The Morgan fingerprint density at radius 3 is 2.50 bits per heavy atom. The maximum absolute atomic E-state index is 5.52. The van der Waals surface area contributed by atoms with Crippen molar-refractivity contribution >= 4 is 11.4 Å². The third-order valence-corrected chi connectivity index (χ3v) is 3.49. The number of allylic oxidation sites excluding steroid dienone is 4. The van der Waals surface area contributed by atoms with Gasteiger partial charge in [-0.05, 0) is 48.6 Å². The van der Waals surface area contributed by atoms with Gasteiger partial charge in [0.25, 0.3) is 0 Å². The molecular formula is C18H21NO. The van der Waals surface area contributed by atoms with E-state index in [0.29, 0.717) is 5.92 Å². The summed E-state index contributed by atoms with van der Waals surface area (Å²) in [4.78, 5) is 4.78. The molecule has 0 amide bonds. The quantitative estimate of drug-likeness (QED) is 0.757. The Labute approximate surface area is 121 Å². The minimum atomic E-state index is 0.311. The topological polar surface area (TPSA) is 21.6 Å². The molecule has 1 unspecified atom stereocenters. The Balaban J connectivity index is 2.56. The average Bonchev–Trinajstić information content (AvgIpc) is 2.52. The van der Waals surface area contributed by atoms with Crippen molar-refractivity contribution in [2.24, 2.45) is 10.9 Å². The molecule has 0 aliphatic heterocycles. The molecule has 1 aliphatic carbocycles. The lowest BCUT2D eigenvalue weighted by atomic mass is 10.0. The summed E-state index contributed by atoms with van der Waals surface area (Å²) in [6.07, 6.45) is 4.26. The van der Waals surface area contributed by atoms with Crippen molar-refractivity contribution in [2.45, 2.75) is 20.8 Å². The van der Waals surface area contributed by atoms with Crippen LogP contribution >= 0.6 is 0 Å². The van der Waals surface area contributed by atoms with E-state index in [4.69, 9.17) is 9.73 Å². The van der Waals surface area contributed by atoms with Crippen LogP contribution in [0.4, 0.5) is 5.69 Å². The summed E-state index contributed by atoms with van der Waals surface area (Å²) in [5.41, 5.74) is 4.98. The number of rotatable bonds is 2. The Hall–Kier alpha value is -2.09. The molecule has 0 radical (unpaired) electrons. The number of benzene rings is 1. The first-order valence-corrected chi connectivity index (χ1v) is 6.81. The SMILES string of the molecule is C=C1C(C)=CC(C)C=C(OC)C1=Nc1ccccc1C. The monoisotopic (exact) mass is 267 g/mol. The first kappa shape index (κ1) is 14.3. The van der Waals surface area contributed by atoms with Gasteiger partial charge in [0, 0.05) is 0 Å². The van der Waals surface area contributed by atoms with Crippen molar-refractivity contribution in [3.05, 3.63) is 65.5 Å². The van der Waals surface area contributed by atoms with E-state index >= 15 is 0 Å². The lowest BCUT2D eigenvalue weighted by molar-refractivity contribution is 0.312. The maximum atomic E-state index is 5.52. The number of ether oxygens (including phenoxy) is 1. The van der Waals surface area contributed by atoms with Gasteiger partial charge in [0.15, 0.2) is 0 Å². The third-order valence-electron chi connectivity index (χ3n) is 3.49. The van der Waals surface area contributed by atoms with Crippen LogP contribution in [0.15, 0.2) is 64.9 Å². The van der Waals surface area contributed by atoms with Gasteiger partial charge in [-0.3, -0.25) is 0 Å². The van der Waals surface area contributed by atoms with E-state index in [9.17, 15) is 0 Å². The zero-order chi connectivity index (χ0) is 14.7. The van der Waals surface area contributed by atoms with Crippen LogP contribution in [-0.2, 0) is 4.74 Å². The summed E-state index contributed by atoms with van der Waals surface area (Å²) in [6, 6.07) is 8.07. The van der Waals surface area contributed by atoms with Crippen LogP contribution in [0.25, 0.3) is 0 Å². The normalized spacial score (nSPS) is 21.3. The molecular weight excluding hydrogens is 246 g/mol. The fourth-order valence-electron chi connectivity index (χ4n) is 2.29. The van der Waals surface area contributed by atoms with E-state index in [-0.39, 0.29) is 0 Å². The molecule has 0 saturated carbocycles. The number of methoxy groups -OCH3 is 1. The van der Waals surface area contributed by atoms with Crippen LogP contribution in [0.5, 0.6) is 0 Å². The summed E-state index contributed by atoms with van der Waals surface area (Å²) in [6.45, 7) is 10.4. The van der Waals surface area contributed by atoms with Gasteiger partial charge in [0.1, 0.15) is 11.5 Å². The standard InChI is InChI=1S/C18H21NO/c1-12-10-14(3)15(4)18(17(11-12)20-5)19-16-9-7-6-8-13(16)2/h6-12H,4H2,1-3,5H3. The number of aryl methyl sites for hydroxylation is 1. The van der Waals surface area contributed by atoms with Gasteiger partial charge < -0.3 is 4.74 Å². The molecule has 0 saturated heterocycles. The minimum absolute atomic E-state index is 0.311. The Bertz CT molecular complexity index is 620. The molecule has 1 aromatic rings. The number of hydrogen-bond acceptors (Lipinski definition) is 2. The summed E-state index contributed by atoms with van der Waals surface area (Å²) >= 11 is 0. The van der Waals surface area contributed by atoms with E-state index in [2.05, 4.69) is 45.6 Å². The van der Waals surface area contributed by atoms with E-state index in [0.717, 1.165) is 33.9 Å². The number of hydrogen-bond donors (Lipinski definition) is 0. The average molecular weight is 267 g/mol. The highest BCUT2D eigenvalue weighted by Crippen LogP contribution is 2.27. The zero-order valence-electron chi connectivity index (χ0n) is 12.6. The smallest absolute Gasteiger partial charge is 0.141 e. The highest BCUT2D eigenvalue weighted by molar-refractivity contribution is 6.14. The van der Waals surface area contributed by atoms with Gasteiger partial charge in [0.05, 0.1) is 12.8 Å². The summed E-state index contributed by atoms with van der Waals surface area (Å²) in [7, 11) is 1.68. The van der Waals surface area contributed by atoms with Crippen molar-refractivity contribution in [2.75, 3.05) is 7.11 Å². The molecule has 1 atom stereocenters. The van der Waals surface area contributed by atoms with Crippen molar-refractivity contribution < 1.29 is 4.74 Å². The van der Waals surface area contributed by atoms with Gasteiger partial charge in [0.2, 0.25) is 0 Å². The lowest BCUT2D eigenvalue weighted by Gasteiger charge is -2.12. The molecule has 2 nitrogen and oxygen atoms in total. The molecule has 1 aliphatic rings. The molecule has 0 N–H and O–H groups in total. The number of para-hydroxylation sites is 1. The molecule has 0 bridgehead atoms. The second kappa shape index (κ2) is 5.91. The van der Waals surface area contributed by atoms with Crippen LogP contribution in [0.3, 0.4) is 0 Å². The maximum Gasteiger partial charge on any atom is 0.141 e. The molecule has 1 aromatic carbocycles. The van der Waals surface area contributed by atoms with Gasteiger partial charge in [-0.1, -0.05) is 37.8 Å². The Morgan fingerprint density at radius 1 is 1.15 bits per heavy atom. The highest BCUT2D eigenvalue weighted by Gasteiger charge is 2.18. The number of nitrogens with zero attached hydrogens (tertiary/aromatic N) is 1. The van der Waals surface area contributed by atoms with Gasteiger partial charge >= 0.3 is 0 Å². The molecule has 0 fully saturated rings. The second-order valence-corrected chi connectivity index (χ2v) is 5.17. The van der Waals surface area contributed by atoms with Crippen molar-refractivity contribution in [1.29, 1.82) is 0 Å². The first-order valence-electron chi connectivity index (χ1n) is 6.81. The van der Waals surface area contributed by atoms with Crippen molar-refractivity contribution in [3.63, 3.8) is 0 Å². The highest BCUT2D eigenvalue weighted by atomic mass is 16.5. The van der Waals surface area contributed by atoms with E-state index in [1.165, 1.54) is 0 Å². The molecule has 0 heterocycles. The van der Waals surface area contributed by atoms with Crippen molar-refractivity contribution in [1.82, 2.24) is 0 Å². The molecule has 20 heavy (non-hydrogen) atoms.